The third-order valence-corrected chi connectivity index (χ3v) is 2.83. The molecule has 0 saturated carbocycles. The summed E-state index contributed by atoms with van der Waals surface area (Å²) in [6, 6.07) is 9.13. The van der Waals surface area contributed by atoms with E-state index in [0.29, 0.717) is 11.3 Å². The Morgan fingerprint density at radius 2 is 1.87 bits per heavy atom. The number of amides is 1. The van der Waals surface area contributed by atoms with Gasteiger partial charge in [-0.3, -0.25) is 10.1 Å². The van der Waals surface area contributed by atoms with Crippen LogP contribution in [0.4, 0.5) is 10.6 Å². The minimum absolute atomic E-state index is 0.191. The van der Waals surface area contributed by atoms with Crippen molar-refractivity contribution in [3.63, 3.8) is 0 Å². The quantitative estimate of drug-likeness (QED) is 0.875. The minimum Gasteiger partial charge on any atom is -0.461 e. The average Bonchev–Trinajstić information content (AvgIpc) is 2.42. The van der Waals surface area contributed by atoms with Gasteiger partial charge in [0, 0.05) is 12.3 Å². The number of nitrogens with zero attached hydrogens (tertiary/aromatic N) is 1. The van der Waals surface area contributed by atoms with Crippen LogP contribution < -0.4 is 5.32 Å². The maximum absolute atomic E-state index is 11.8. The summed E-state index contributed by atoms with van der Waals surface area (Å²) >= 11 is 0. The van der Waals surface area contributed by atoms with E-state index >= 15 is 0 Å². The second-order valence-corrected chi connectivity index (χ2v) is 6.13. The molecule has 0 bridgehead atoms. The number of hydrogen-bond donors (Lipinski definition) is 1. The second-order valence-electron chi connectivity index (χ2n) is 6.13. The highest BCUT2D eigenvalue weighted by molar-refractivity contribution is 5.87. The number of ether oxygens (including phenoxy) is 2. The normalized spacial score (nSPS) is 11.1. The van der Waals surface area contributed by atoms with Crippen molar-refractivity contribution in [2.45, 2.75) is 39.9 Å². The lowest BCUT2D eigenvalue weighted by atomic mass is 10.1. The van der Waals surface area contributed by atoms with Crippen LogP contribution in [0.2, 0.25) is 0 Å². The van der Waals surface area contributed by atoms with Gasteiger partial charge in [-0.1, -0.05) is 12.1 Å². The molecule has 0 aliphatic rings. The summed E-state index contributed by atoms with van der Waals surface area (Å²) in [6.07, 6.45) is -0.555. The van der Waals surface area contributed by atoms with Crippen LogP contribution in [0.15, 0.2) is 30.3 Å². The van der Waals surface area contributed by atoms with Crippen LogP contribution in [-0.2, 0) is 20.9 Å². The van der Waals surface area contributed by atoms with Gasteiger partial charge in [0.05, 0.1) is 5.52 Å². The lowest BCUT2D eigenvalue weighted by molar-refractivity contribution is -0.142. The van der Waals surface area contributed by atoms with Crippen molar-refractivity contribution in [3.8, 4) is 0 Å². The molecule has 6 nitrogen and oxygen atoms in total. The van der Waals surface area contributed by atoms with E-state index in [1.165, 1.54) is 6.92 Å². The molecule has 0 fully saturated rings. The largest absolute Gasteiger partial charge is 0.461 e. The van der Waals surface area contributed by atoms with E-state index in [1.807, 2.05) is 24.3 Å². The summed E-state index contributed by atoms with van der Waals surface area (Å²) in [5.74, 6) is 0.0646. The molecule has 1 amide bonds. The summed E-state index contributed by atoms with van der Waals surface area (Å²) in [4.78, 5) is 27.0. The molecule has 23 heavy (non-hydrogen) atoms. The first kappa shape index (κ1) is 16.7. The summed E-state index contributed by atoms with van der Waals surface area (Å²) in [5.41, 5.74) is 0.954. The van der Waals surface area contributed by atoms with E-state index in [-0.39, 0.29) is 12.6 Å². The number of anilines is 1. The second kappa shape index (κ2) is 6.64. The van der Waals surface area contributed by atoms with E-state index in [9.17, 15) is 9.59 Å². The molecule has 1 heterocycles. The number of hydrogen-bond acceptors (Lipinski definition) is 5. The molecule has 0 aliphatic heterocycles. The Morgan fingerprint density at radius 3 is 2.52 bits per heavy atom. The molecule has 0 radical (unpaired) electrons. The Morgan fingerprint density at radius 1 is 1.17 bits per heavy atom. The number of benzene rings is 1. The average molecular weight is 316 g/mol. The van der Waals surface area contributed by atoms with Gasteiger partial charge in [-0.05, 0) is 44.5 Å². The van der Waals surface area contributed by atoms with E-state index in [2.05, 4.69) is 10.3 Å². The van der Waals surface area contributed by atoms with Crippen LogP contribution in [0.1, 0.15) is 33.3 Å². The Hall–Kier alpha value is -2.63. The monoisotopic (exact) mass is 316 g/mol. The molecule has 2 aromatic rings. The molecule has 0 saturated heterocycles. The van der Waals surface area contributed by atoms with Gasteiger partial charge in [0.15, 0.2) is 0 Å². The van der Waals surface area contributed by atoms with Crippen LogP contribution in [0.25, 0.3) is 10.9 Å². The molecule has 0 aliphatic carbocycles. The molecule has 0 unspecified atom stereocenters. The van der Waals surface area contributed by atoms with Crippen LogP contribution in [-0.4, -0.2) is 22.6 Å². The molecule has 0 spiro atoms. The van der Waals surface area contributed by atoms with E-state index in [4.69, 9.17) is 9.47 Å². The number of carbonyl (C=O) groups is 2. The zero-order valence-electron chi connectivity index (χ0n) is 13.7. The summed E-state index contributed by atoms with van der Waals surface area (Å²) < 4.78 is 10.2. The van der Waals surface area contributed by atoms with Crippen molar-refractivity contribution < 1.29 is 19.1 Å². The van der Waals surface area contributed by atoms with Gasteiger partial charge >= 0.3 is 12.1 Å². The highest BCUT2D eigenvalue weighted by atomic mass is 16.6. The lowest BCUT2D eigenvalue weighted by Gasteiger charge is -2.19. The van der Waals surface area contributed by atoms with E-state index < -0.39 is 11.7 Å². The Labute approximate surface area is 134 Å². The highest BCUT2D eigenvalue weighted by Crippen LogP contribution is 2.18. The molecular weight excluding hydrogens is 296 g/mol. The maximum Gasteiger partial charge on any atom is 0.413 e. The topological polar surface area (TPSA) is 77.5 Å². The zero-order valence-corrected chi connectivity index (χ0v) is 13.7. The van der Waals surface area contributed by atoms with Crippen LogP contribution >= 0.6 is 0 Å². The Balaban J connectivity index is 2.16. The number of fused-ring (bicyclic) bond motifs is 1. The summed E-state index contributed by atoms with van der Waals surface area (Å²) in [7, 11) is 0. The first-order chi connectivity index (χ1) is 10.7. The molecule has 6 heteroatoms. The Bertz CT molecular complexity index is 735. The standard InChI is InChI=1S/C17H20N2O4/c1-11(20)22-10-12-5-6-13-7-8-15(18-14(13)9-12)19-16(21)23-17(2,3)4/h5-9H,10H2,1-4H3,(H,18,19,21). The van der Waals surface area contributed by atoms with Gasteiger partial charge in [0.1, 0.15) is 18.0 Å². The van der Waals surface area contributed by atoms with Crippen molar-refractivity contribution in [2.24, 2.45) is 0 Å². The summed E-state index contributed by atoms with van der Waals surface area (Å²) in [5, 5.41) is 3.53. The smallest absolute Gasteiger partial charge is 0.413 e. The number of aromatic nitrogens is 1. The van der Waals surface area contributed by atoms with Gasteiger partial charge in [0.25, 0.3) is 0 Å². The van der Waals surface area contributed by atoms with Crippen LogP contribution in [0.3, 0.4) is 0 Å². The predicted octanol–water partition coefficient (Wildman–Crippen LogP) is 3.64. The van der Waals surface area contributed by atoms with Gasteiger partial charge < -0.3 is 9.47 Å². The van der Waals surface area contributed by atoms with Crippen molar-refractivity contribution in [2.75, 3.05) is 5.32 Å². The number of nitrogens with one attached hydrogen (secondary N) is 1. The third-order valence-electron chi connectivity index (χ3n) is 2.83. The molecule has 2 rings (SSSR count). The number of carbonyl (C=O) groups excluding carboxylic acids is 2. The van der Waals surface area contributed by atoms with Gasteiger partial charge in [-0.25, -0.2) is 9.78 Å². The number of esters is 1. The fourth-order valence-electron chi connectivity index (χ4n) is 1.92. The maximum atomic E-state index is 11.8. The van der Waals surface area contributed by atoms with Crippen LogP contribution in [0.5, 0.6) is 0 Å². The zero-order chi connectivity index (χ0) is 17.0. The summed E-state index contributed by atoms with van der Waals surface area (Å²) in [6.45, 7) is 6.93. The van der Waals surface area contributed by atoms with Crippen molar-refractivity contribution >= 4 is 28.8 Å². The van der Waals surface area contributed by atoms with E-state index in [1.54, 1.807) is 26.8 Å². The van der Waals surface area contributed by atoms with E-state index in [0.717, 1.165) is 10.9 Å². The van der Waals surface area contributed by atoms with Gasteiger partial charge in [-0.15, -0.1) is 0 Å². The first-order valence-electron chi connectivity index (χ1n) is 7.26. The Kier molecular flexibility index (Phi) is 4.83. The molecule has 1 aromatic heterocycles. The van der Waals surface area contributed by atoms with Gasteiger partial charge in [-0.2, -0.15) is 0 Å². The fraction of sp³-hybridized carbons (Fsp3) is 0.353. The molecule has 122 valence electrons. The predicted molar refractivity (Wildman–Crippen MR) is 87.1 cm³/mol. The van der Waals surface area contributed by atoms with Crippen molar-refractivity contribution in [1.82, 2.24) is 4.98 Å². The SMILES string of the molecule is CC(=O)OCc1ccc2ccc(NC(=O)OC(C)(C)C)nc2c1. The number of rotatable bonds is 3. The van der Waals surface area contributed by atoms with Crippen LogP contribution in [0, 0.1) is 0 Å². The van der Waals surface area contributed by atoms with Gasteiger partial charge in [0.2, 0.25) is 0 Å². The van der Waals surface area contributed by atoms with Crippen molar-refractivity contribution in [3.05, 3.63) is 35.9 Å². The molecule has 0 atom stereocenters. The lowest BCUT2D eigenvalue weighted by Crippen LogP contribution is -2.27. The fourth-order valence-corrected chi connectivity index (χ4v) is 1.92. The number of pyridine rings is 1. The minimum atomic E-state index is -0.571. The molecule has 1 aromatic carbocycles. The first-order valence-corrected chi connectivity index (χ1v) is 7.26. The highest BCUT2D eigenvalue weighted by Gasteiger charge is 2.16. The molecule has 1 N–H and O–H groups in total. The molecular formula is C17H20N2O4. The third kappa shape index (κ3) is 5.25. The van der Waals surface area contributed by atoms with Crippen molar-refractivity contribution in [1.29, 1.82) is 0 Å².